The van der Waals surface area contributed by atoms with Crippen molar-refractivity contribution in [3.8, 4) is 6.07 Å². The molecule has 4 heteroatoms. The first-order chi connectivity index (χ1) is 11.3. The predicted octanol–water partition coefficient (Wildman–Crippen LogP) is 3.02. The lowest BCUT2D eigenvalue weighted by molar-refractivity contribution is 0.428. The van der Waals surface area contributed by atoms with E-state index in [1.807, 2.05) is 24.5 Å². The van der Waals surface area contributed by atoms with Crippen molar-refractivity contribution in [2.75, 3.05) is 18.0 Å². The first-order valence-electron chi connectivity index (χ1n) is 8.15. The molecule has 1 fully saturated rings. The van der Waals surface area contributed by atoms with E-state index in [0.29, 0.717) is 11.6 Å². The fraction of sp³-hybridized carbons (Fsp3) is 0.368. The highest BCUT2D eigenvalue weighted by Crippen LogP contribution is 2.25. The van der Waals surface area contributed by atoms with E-state index in [9.17, 15) is 0 Å². The van der Waals surface area contributed by atoms with E-state index in [4.69, 9.17) is 5.26 Å². The van der Waals surface area contributed by atoms with E-state index < -0.39 is 0 Å². The Balaban J connectivity index is 1.89. The zero-order valence-corrected chi connectivity index (χ0v) is 13.5. The van der Waals surface area contributed by atoms with Crippen LogP contribution in [0.4, 0.5) is 5.69 Å². The van der Waals surface area contributed by atoms with Crippen molar-refractivity contribution in [3.05, 3.63) is 59.4 Å². The molecule has 2 aromatic rings. The summed E-state index contributed by atoms with van der Waals surface area (Å²) in [5.74, 6) is 0. The van der Waals surface area contributed by atoms with Crippen molar-refractivity contribution < 1.29 is 0 Å². The molecule has 0 spiro atoms. The van der Waals surface area contributed by atoms with Gasteiger partial charge in [-0.2, -0.15) is 5.26 Å². The average molecular weight is 306 g/mol. The topological polar surface area (TPSA) is 52.0 Å². The molecule has 1 aliphatic rings. The summed E-state index contributed by atoms with van der Waals surface area (Å²) in [4.78, 5) is 6.75. The van der Waals surface area contributed by atoms with Gasteiger partial charge < -0.3 is 10.2 Å². The minimum Gasteiger partial charge on any atom is -0.364 e. The van der Waals surface area contributed by atoms with Gasteiger partial charge >= 0.3 is 0 Å². The van der Waals surface area contributed by atoms with Crippen LogP contribution in [0, 0.1) is 18.3 Å². The number of nitrogens with one attached hydrogen (secondary N) is 1. The molecular weight excluding hydrogens is 284 g/mol. The molecule has 1 N–H and O–H groups in total. The monoisotopic (exact) mass is 306 g/mol. The molecule has 1 saturated heterocycles. The molecular formula is C19H22N4. The second-order valence-corrected chi connectivity index (χ2v) is 6.07. The van der Waals surface area contributed by atoms with Gasteiger partial charge in [0.2, 0.25) is 0 Å². The summed E-state index contributed by atoms with van der Waals surface area (Å²) < 4.78 is 0. The normalized spacial score (nSPS) is 15.1. The number of aryl methyl sites for hydroxylation is 1. The Bertz CT molecular complexity index is 681. The van der Waals surface area contributed by atoms with Gasteiger partial charge in [0.15, 0.2) is 0 Å². The average Bonchev–Trinajstić information content (AvgIpc) is 2.62. The van der Waals surface area contributed by atoms with Crippen LogP contribution in [0.25, 0.3) is 0 Å². The highest BCUT2D eigenvalue weighted by molar-refractivity contribution is 5.51. The predicted molar refractivity (Wildman–Crippen MR) is 92.2 cm³/mol. The zero-order valence-electron chi connectivity index (χ0n) is 13.5. The van der Waals surface area contributed by atoms with Crippen LogP contribution in [0.1, 0.15) is 29.5 Å². The maximum atomic E-state index is 9.01. The van der Waals surface area contributed by atoms with Gasteiger partial charge in [0.05, 0.1) is 11.6 Å². The van der Waals surface area contributed by atoms with Gasteiger partial charge in [-0.05, 0) is 74.3 Å². The summed E-state index contributed by atoms with van der Waals surface area (Å²) >= 11 is 0. The Hall–Kier alpha value is -2.38. The molecule has 1 aliphatic heterocycles. The van der Waals surface area contributed by atoms with E-state index in [2.05, 4.69) is 46.4 Å². The third kappa shape index (κ3) is 3.69. The Morgan fingerprint density at radius 3 is 2.61 bits per heavy atom. The van der Waals surface area contributed by atoms with Gasteiger partial charge in [-0.25, -0.2) is 0 Å². The van der Waals surface area contributed by atoms with E-state index in [-0.39, 0.29) is 0 Å². The fourth-order valence-corrected chi connectivity index (χ4v) is 3.12. The van der Waals surface area contributed by atoms with E-state index in [0.717, 1.165) is 32.5 Å². The smallest absolute Gasteiger partial charge is 0.0991 e. The molecule has 0 amide bonds. The van der Waals surface area contributed by atoms with E-state index in [1.54, 1.807) is 0 Å². The molecule has 1 aromatic heterocycles. The number of rotatable bonds is 4. The van der Waals surface area contributed by atoms with Crippen LogP contribution in [0.15, 0.2) is 42.7 Å². The third-order valence-corrected chi connectivity index (χ3v) is 4.57. The number of pyridine rings is 1. The van der Waals surface area contributed by atoms with Gasteiger partial charge in [-0.1, -0.05) is 0 Å². The molecule has 3 rings (SSSR count). The highest BCUT2D eigenvalue weighted by atomic mass is 15.2. The highest BCUT2D eigenvalue weighted by Gasteiger charge is 2.22. The summed E-state index contributed by atoms with van der Waals surface area (Å²) in [6.45, 7) is 5.11. The molecule has 118 valence electrons. The van der Waals surface area contributed by atoms with Crippen molar-refractivity contribution in [1.82, 2.24) is 10.3 Å². The van der Waals surface area contributed by atoms with Crippen molar-refractivity contribution in [2.24, 2.45) is 0 Å². The maximum absolute atomic E-state index is 9.01. The fourth-order valence-electron chi connectivity index (χ4n) is 3.12. The van der Waals surface area contributed by atoms with Crippen LogP contribution < -0.4 is 10.2 Å². The van der Waals surface area contributed by atoms with Crippen LogP contribution in [0.2, 0.25) is 0 Å². The Morgan fingerprint density at radius 2 is 1.96 bits per heavy atom. The van der Waals surface area contributed by atoms with Gasteiger partial charge in [0.25, 0.3) is 0 Å². The van der Waals surface area contributed by atoms with Crippen LogP contribution in [-0.4, -0.2) is 24.1 Å². The minimum absolute atomic E-state index is 0.517. The minimum atomic E-state index is 0.517. The van der Waals surface area contributed by atoms with E-state index in [1.165, 1.54) is 16.8 Å². The molecule has 4 nitrogen and oxygen atoms in total. The number of nitriles is 1. The number of nitrogens with zero attached hydrogens (tertiary/aromatic N) is 3. The summed E-state index contributed by atoms with van der Waals surface area (Å²) in [5, 5.41) is 12.4. The van der Waals surface area contributed by atoms with Crippen LogP contribution in [0.5, 0.6) is 0 Å². The lowest BCUT2D eigenvalue weighted by Crippen LogP contribution is -2.43. The number of hydrogen-bond acceptors (Lipinski definition) is 4. The van der Waals surface area contributed by atoms with Gasteiger partial charge in [-0.3, -0.25) is 4.98 Å². The third-order valence-electron chi connectivity index (χ3n) is 4.57. The Kier molecular flexibility index (Phi) is 4.89. The quantitative estimate of drug-likeness (QED) is 0.943. The molecule has 0 bridgehead atoms. The number of benzene rings is 1. The lowest BCUT2D eigenvalue weighted by Gasteiger charge is -2.37. The zero-order chi connectivity index (χ0) is 16.1. The standard InChI is InChI=1S/C19H22N4/c1-15-6-9-22-13-17(15)14-23(19-7-10-21-11-8-19)18-4-2-16(12-20)3-5-18/h2-6,9,13,19,21H,7-8,10-11,14H2,1H3. The van der Waals surface area contributed by atoms with Crippen molar-refractivity contribution in [3.63, 3.8) is 0 Å². The second kappa shape index (κ2) is 7.26. The first kappa shape index (κ1) is 15.5. The lowest BCUT2D eigenvalue weighted by atomic mass is 10.0. The number of aromatic nitrogens is 1. The summed E-state index contributed by atoms with van der Waals surface area (Å²) in [6, 6.07) is 12.7. The van der Waals surface area contributed by atoms with E-state index >= 15 is 0 Å². The Morgan fingerprint density at radius 1 is 1.22 bits per heavy atom. The molecule has 23 heavy (non-hydrogen) atoms. The van der Waals surface area contributed by atoms with Crippen molar-refractivity contribution in [2.45, 2.75) is 32.4 Å². The number of piperidine rings is 1. The number of anilines is 1. The maximum Gasteiger partial charge on any atom is 0.0991 e. The molecule has 0 aliphatic carbocycles. The molecule has 1 aromatic carbocycles. The molecule has 0 unspecified atom stereocenters. The molecule has 0 radical (unpaired) electrons. The van der Waals surface area contributed by atoms with Gasteiger partial charge in [0.1, 0.15) is 0 Å². The van der Waals surface area contributed by atoms with Crippen LogP contribution in [-0.2, 0) is 6.54 Å². The second-order valence-electron chi connectivity index (χ2n) is 6.07. The van der Waals surface area contributed by atoms with Crippen LogP contribution in [0.3, 0.4) is 0 Å². The largest absolute Gasteiger partial charge is 0.364 e. The summed E-state index contributed by atoms with van der Waals surface area (Å²) in [7, 11) is 0. The molecule has 0 atom stereocenters. The number of hydrogen-bond donors (Lipinski definition) is 1. The summed E-state index contributed by atoms with van der Waals surface area (Å²) in [5.41, 5.74) is 4.42. The molecule has 2 heterocycles. The first-order valence-corrected chi connectivity index (χ1v) is 8.15. The van der Waals surface area contributed by atoms with Gasteiger partial charge in [0, 0.05) is 30.7 Å². The van der Waals surface area contributed by atoms with Crippen molar-refractivity contribution in [1.29, 1.82) is 5.26 Å². The SMILES string of the molecule is Cc1ccncc1CN(c1ccc(C#N)cc1)C1CCNCC1. The van der Waals surface area contributed by atoms with Crippen LogP contribution >= 0.6 is 0 Å². The summed E-state index contributed by atoms with van der Waals surface area (Å²) in [6.07, 6.45) is 6.08. The Labute approximate surface area is 137 Å². The molecule has 0 saturated carbocycles. The van der Waals surface area contributed by atoms with Crippen molar-refractivity contribution >= 4 is 5.69 Å². The van der Waals surface area contributed by atoms with Gasteiger partial charge in [-0.15, -0.1) is 0 Å².